The second-order valence-corrected chi connectivity index (χ2v) is 7.92. The summed E-state index contributed by atoms with van der Waals surface area (Å²) < 4.78 is 1.79. The lowest BCUT2D eigenvalue weighted by atomic mass is 9.87. The molecule has 1 heterocycles. The summed E-state index contributed by atoms with van der Waals surface area (Å²) in [7, 11) is 0. The minimum Gasteiger partial charge on any atom is -0.346 e. The van der Waals surface area contributed by atoms with Crippen LogP contribution < -0.4 is 16.5 Å². The van der Waals surface area contributed by atoms with Crippen LogP contribution >= 0.6 is 0 Å². The molecule has 2 aromatic carbocycles. The topological polar surface area (TPSA) is 140 Å². The number of amides is 2. The SMILES string of the molecule is N/N=C(\C=NC1CCC1n1cc([C@@H](NC=O)c2ccccc2)nn1)[C@@H](NC=O)c1ccccc1. The Morgan fingerprint density at radius 2 is 1.68 bits per heavy atom. The third-order valence-corrected chi connectivity index (χ3v) is 5.94. The summed E-state index contributed by atoms with van der Waals surface area (Å²) in [6.07, 6.45) is 6.52. The van der Waals surface area contributed by atoms with Crippen LogP contribution in [0.1, 0.15) is 47.8 Å². The number of nitrogens with two attached hydrogens (primary N) is 1. The summed E-state index contributed by atoms with van der Waals surface area (Å²) in [5.41, 5.74) is 2.87. The van der Waals surface area contributed by atoms with Gasteiger partial charge in [-0.2, -0.15) is 5.10 Å². The maximum atomic E-state index is 11.2. The van der Waals surface area contributed by atoms with Crippen LogP contribution in [0.15, 0.2) is 77.0 Å². The van der Waals surface area contributed by atoms with Gasteiger partial charge in [-0.15, -0.1) is 5.10 Å². The van der Waals surface area contributed by atoms with Crippen molar-refractivity contribution in [3.63, 3.8) is 0 Å². The third-order valence-electron chi connectivity index (χ3n) is 5.94. The lowest BCUT2D eigenvalue weighted by Gasteiger charge is -2.33. The van der Waals surface area contributed by atoms with E-state index in [9.17, 15) is 9.59 Å². The van der Waals surface area contributed by atoms with Gasteiger partial charge in [-0.3, -0.25) is 14.6 Å². The second kappa shape index (κ2) is 11.0. The Bertz CT molecular complexity index is 1150. The Kier molecular flexibility index (Phi) is 7.39. The molecule has 1 aliphatic carbocycles. The van der Waals surface area contributed by atoms with E-state index >= 15 is 0 Å². The van der Waals surface area contributed by atoms with Crippen molar-refractivity contribution in [1.29, 1.82) is 0 Å². The predicted octanol–water partition coefficient (Wildman–Crippen LogP) is 1.69. The van der Waals surface area contributed by atoms with E-state index in [1.807, 2.05) is 66.9 Å². The van der Waals surface area contributed by atoms with Crippen LogP contribution in [0, 0.1) is 0 Å². The van der Waals surface area contributed by atoms with Crippen molar-refractivity contribution in [2.45, 2.75) is 37.0 Å². The summed E-state index contributed by atoms with van der Waals surface area (Å²) in [5, 5.41) is 18.0. The first kappa shape index (κ1) is 22.8. The van der Waals surface area contributed by atoms with E-state index < -0.39 is 6.04 Å². The predicted molar refractivity (Wildman–Crippen MR) is 128 cm³/mol. The number of hydrazone groups is 1. The molecule has 10 nitrogen and oxygen atoms in total. The molecule has 10 heteroatoms. The van der Waals surface area contributed by atoms with Gasteiger partial charge < -0.3 is 16.5 Å². The summed E-state index contributed by atoms with van der Waals surface area (Å²) in [6, 6.07) is 18.2. The second-order valence-electron chi connectivity index (χ2n) is 7.92. The van der Waals surface area contributed by atoms with Gasteiger partial charge in [0.05, 0.1) is 30.4 Å². The molecule has 2 unspecified atom stereocenters. The highest BCUT2D eigenvalue weighted by molar-refractivity contribution is 6.33. The van der Waals surface area contributed by atoms with Crippen molar-refractivity contribution in [2.75, 3.05) is 0 Å². The number of hydrogen-bond donors (Lipinski definition) is 3. The molecular weight excluding hydrogens is 432 g/mol. The summed E-state index contributed by atoms with van der Waals surface area (Å²) >= 11 is 0. The van der Waals surface area contributed by atoms with Crippen LogP contribution in [0.3, 0.4) is 0 Å². The van der Waals surface area contributed by atoms with Crippen LogP contribution in [-0.4, -0.2) is 45.8 Å². The molecule has 0 bridgehead atoms. The molecule has 1 saturated carbocycles. The fourth-order valence-corrected chi connectivity index (χ4v) is 4.02. The van der Waals surface area contributed by atoms with Crippen LogP contribution in [0.25, 0.3) is 0 Å². The van der Waals surface area contributed by atoms with Gasteiger partial charge in [0.15, 0.2) is 0 Å². The Balaban J connectivity index is 1.49. The van der Waals surface area contributed by atoms with Gasteiger partial charge >= 0.3 is 0 Å². The molecule has 34 heavy (non-hydrogen) atoms. The van der Waals surface area contributed by atoms with E-state index in [4.69, 9.17) is 5.84 Å². The van der Waals surface area contributed by atoms with E-state index in [0.29, 0.717) is 24.2 Å². The minimum atomic E-state index is -0.495. The lowest BCUT2D eigenvalue weighted by molar-refractivity contribution is -0.110. The van der Waals surface area contributed by atoms with Crippen molar-refractivity contribution in [3.05, 3.63) is 83.7 Å². The Hall–Kier alpha value is -4.34. The van der Waals surface area contributed by atoms with Gasteiger partial charge in [-0.05, 0) is 24.0 Å². The highest BCUT2D eigenvalue weighted by Crippen LogP contribution is 2.35. The Morgan fingerprint density at radius 3 is 2.26 bits per heavy atom. The van der Waals surface area contributed by atoms with Gasteiger partial charge in [-0.1, -0.05) is 65.9 Å². The molecule has 3 aromatic rings. The Labute approximate surface area is 197 Å². The molecule has 1 aliphatic rings. The monoisotopic (exact) mass is 458 g/mol. The maximum absolute atomic E-state index is 11.2. The first-order chi connectivity index (χ1) is 16.7. The van der Waals surface area contributed by atoms with Gasteiger partial charge in [0, 0.05) is 6.21 Å². The average molecular weight is 459 g/mol. The van der Waals surface area contributed by atoms with Crippen LogP contribution in [-0.2, 0) is 9.59 Å². The number of aliphatic imine (C=N–C) groups is 1. The van der Waals surface area contributed by atoms with Gasteiger partial charge in [0.25, 0.3) is 0 Å². The van der Waals surface area contributed by atoms with Crippen molar-refractivity contribution in [2.24, 2.45) is 15.9 Å². The average Bonchev–Trinajstić information content (AvgIpc) is 3.33. The number of carbonyl (C=O) groups is 2. The fourth-order valence-electron chi connectivity index (χ4n) is 4.02. The number of benzene rings is 2. The van der Waals surface area contributed by atoms with Gasteiger partial charge in [0.2, 0.25) is 12.8 Å². The zero-order valence-electron chi connectivity index (χ0n) is 18.4. The normalized spacial score (nSPS) is 19.7. The molecule has 4 N–H and O–H groups in total. The highest BCUT2D eigenvalue weighted by Gasteiger charge is 2.33. The number of nitrogens with zero attached hydrogens (tertiary/aromatic N) is 5. The van der Waals surface area contributed by atoms with Crippen LogP contribution in [0.5, 0.6) is 0 Å². The first-order valence-corrected chi connectivity index (χ1v) is 11.0. The van der Waals surface area contributed by atoms with Crippen molar-refractivity contribution >= 4 is 24.7 Å². The number of carbonyl (C=O) groups excluding carboxylic acids is 2. The third kappa shape index (κ3) is 5.01. The number of aromatic nitrogens is 3. The first-order valence-electron chi connectivity index (χ1n) is 11.0. The van der Waals surface area contributed by atoms with E-state index in [2.05, 4.69) is 31.0 Å². The van der Waals surface area contributed by atoms with E-state index in [1.165, 1.54) is 0 Å². The van der Waals surface area contributed by atoms with Crippen molar-refractivity contribution in [3.8, 4) is 0 Å². The molecule has 1 fully saturated rings. The standard InChI is InChI=1S/C24H26N8O2/c25-29-20(23(27-15-33)17-7-3-1-4-8-17)13-26-19-11-12-22(19)32-14-21(30-31-32)24(28-16-34)18-9-5-2-6-10-18/h1-10,13-16,19,22-24H,11-12,25H2,(H,27,33)(H,28,34)/b26-13?,29-20+/t19?,22?,23-,24-/m0/s1. The molecule has 0 aliphatic heterocycles. The largest absolute Gasteiger partial charge is 0.346 e. The zero-order valence-corrected chi connectivity index (χ0v) is 18.4. The molecule has 4 atom stereocenters. The lowest BCUT2D eigenvalue weighted by Crippen LogP contribution is -2.34. The van der Waals surface area contributed by atoms with E-state index in [-0.39, 0.29) is 18.1 Å². The highest BCUT2D eigenvalue weighted by atomic mass is 16.1. The van der Waals surface area contributed by atoms with E-state index in [1.54, 1.807) is 10.9 Å². The molecule has 2 amide bonds. The molecule has 174 valence electrons. The maximum Gasteiger partial charge on any atom is 0.207 e. The number of hydrogen-bond acceptors (Lipinski definition) is 7. The number of rotatable bonds is 11. The van der Waals surface area contributed by atoms with E-state index in [0.717, 1.165) is 24.0 Å². The summed E-state index contributed by atoms with van der Waals surface area (Å²) in [4.78, 5) is 27.0. The number of nitrogens with one attached hydrogen (secondary N) is 2. The smallest absolute Gasteiger partial charge is 0.207 e. The fraction of sp³-hybridized carbons (Fsp3) is 0.250. The van der Waals surface area contributed by atoms with Crippen molar-refractivity contribution in [1.82, 2.24) is 25.6 Å². The summed E-state index contributed by atoms with van der Waals surface area (Å²) in [6.45, 7) is 0. The molecule has 1 aromatic heterocycles. The molecule has 0 radical (unpaired) electrons. The minimum absolute atomic E-state index is 0.0263. The van der Waals surface area contributed by atoms with Crippen LogP contribution in [0.4, 0.5) is 0 Å². The molecule has 0 saturated heterocycles. The van der Waals surface area contributed by atoms with Crippen LogP contribution in [0.2, 0.25) is 0 Å². The van der Waals surface area contributed by atoms with Gasteiger partial charge in [-0.25, -0.2) is 4.68 Å². The zero-order chi connectivity index (χ0) is 23.8. The Morgan fingerprint density at radius 1 is 1.00 bits per heavy atom. The van der Waals surface area contributed by atoms with Gasteiger partial charge in [0.1, 0.15) is 11.4 Å². The van der Waals surface area contributed by atoms with Crippen molar-refractivity contribution < 1.29 is 9.59 Å². The molecule has 4 rings (SSSR count). The quantitative estimate of drug-likeness (QED) is 0.174. The molecule has 0 spiro atoms. The summed E-state index contributed by atoms with van der Waals surface area (Å²) in [5.74, 6) is 5.63. The molecular formula is C24H26N8O2.